The Morgan fingerprint density at radius 1 is 0.962 bits per heavy atom. The van der Waals surface area contributed by atoms with Gasteiger partial charge in [-0.25, -0.2) is 4.98 Å². The van der Waals surface area contributed by atoms with Crippen LogP contribution < -0.4 is 0 Å². The second kappa shape index (κ2) is 6.27. The number of nitrogens with zero attached hydrogens (tertiary/aromatic N) is 2. The van der Waals surface area contributed by atoms with Crippen LogP contribution in [-0.2, 0) is 6.42 Å². The van der Waals surface area contributed by atoms with Crippen molar-refractivity contribution in [1.82, 2.24) is 9.38 Å². The number of pyridine rings is 1. The number of imidazole rings is 1. The molecule has 0 saturated heterocycles. The molecule has 2 aromatic carbocycles. The maximum absolute atomic E-state index is 6.09. The van der Waals surface area contributed by atoms with Crippen molar-refractivity contribution in [3.8, 4) is 11.3 Å². The zero-order valence-corrected chi connectivity index (χ0v) is 15.5. The molecule has 4 heteroatoms. The fourth-order valence-electron chi connectivity index (χ4n) is 3.41. The Kier molecular flexibility index (Phi) is 3.77. The smallest absolute Gasteiger partial charge is 0.145 e. The van der Waals surface area contributed by atoms with Crippen molar-refractivity contribution in [2.45, 2.75) is 6.42 Å². The first-order valence-corrected chi connectivity index (χ1v) is 9.77. The van der Waals surface area contributed by atoms with E-state index in [9.17, 15) is 0 Å². The molecule has 0 unspecified atom stereocenters. The van der Waals surface area contributed by atoms with E-state index in [2.05, 4.69) is 57.8 Å². The second-order valence-electron chi connectivity index (χ2n) is 6.32. The lowest BCUT2D eigenvalue weighted by atomic mass is 10.1. The molecule has 0 aliphatic heterocycles. The van der Waals surface area contributed by atoms with E-state index in [0.29, 0.717) is 0 Å². The number of thiophene rings is 1. The van der Waals surface area contributed by atoms with E-state index in [-0.39, 0.29) is 0 Å². The minimum Gasteiger partial charge on any atom is -0.303 e. The van der Waals surface area contributed by atoms with Crippen LogP contribution in [0.1, 0.15) is 11.3 Å². The van der Waals surface area contributed by atoms with Crippen LogP contribution in [0, 0.1) is 0 Å². The number of rotatable bonds is 3. The van der Waals surface area contributed by atoms with E-state index in [0.717, 1.165) is 28.3 Å². The largest absolute Gasteiger partial charge is 0.303 e. The average Bonchev–Trinajstić information content (AvgIpc) is 3.31. The van der Waals surface area contributed by atoms with E-state index < -0.39 is 0 Å². The minimum atomic E-state index is 0.738. The van der Waals surface area contributed by atoms with Crippen molar-refractivity contribution < 1.29 is 0 Å². The molecule has 0 aliphatic carbocycles. The Hall–Kier alpha value is -2.62. The third-order valence-corrected chi connectivity index (χ3v) is 5.67. The van der Waals surface area contributed by atoms with E-state index in [4.69, 9.17) is 16.6 Å². The highest BCUT2D eigenvalue weighted by Gasteiger charge is 2.16. The van der Waals surface area contributed by atoms with Gasteiger partial charge in [-0.05, 0) is 46.0 Å². The normalized spacial score (nSPS) is 11.4. The SMILES string of the molecule is Clc1ccc(-c2nc3c4ccccc4ccn3c2Cc2ccsc2)cc1. The van der Waals surface area contributed by atoms with Gasteiger partial charge in [-0.2, -0.15) is 11.3 Å². The van der Waals surface area contributed by atoms with Crippen LogP contribution in [0.5, 0.6) is 0 Å². The summed E-state index contributed by atoms with van der Waals surface area (Å²) in [7, 11) is 0. The van der Waals surface area contributed by atoms with Gasteiger partial charge in [0.1, 0.15) is 5.65 Å². The van der Waals surface area contributed by atoms with E-state index in [1.165, 1.54) is 22.0 Å². The third-order valence-electron chi connectivity index (χ3n) is 4.68. The van der Waals surface area contributed by atoms with Gasteiger partial charge in [0.25, 0.3) is 0 Å². The average molecular weight is 375 g/mol. The molecule has 0 aliphatic rings. The maximum atomic E-state index is 6.09. The Morgan fingerprint density at radius 3 is 2.62 bits per heavy atom. The molecule has 0 radical (unpaired) electrons. The predicted octanol–water partition coefficient (Wildman–Crippen LogP) is 6.46. The minimum absolute atomic E-state index is 0.738. The fourth-order valence-corrected chi connectivity index (χ4v) is 4.21. The lowest BCUT2D eigenvalue weighted by Gasteiger charge is -2.06. The molecule has 5 aromatic rings. The molecule has 3 heterocycles. The molecule has 0 fully saturated rings. The highest BCUT2D eigenvalue weighted by Crippen LogP contribution is 2.31. The summed E-state index contributed by atoms with van der Waals surface area (Å²) in [5, 5.41) is 7.43. The molecule has 0 spiro atoms. The fraction of sp³-hybridized carbons (Fsp3) is 0.0455. The van der Waals surface area contributed by atoms with E-state index in [1.54, 1.807) is 11.3 Å². The first kappa shape index (κ1) is 15.6. The van der Waals surface area contributed by atoms with Crippen LogP contribution >= 0.6 is 22.9 Å². The topological polar surface area (TPSA) is 17.3 Å². The number of hydrogen-bond acceptors (Lipinski definition) is 2. The second-order valence-corrected chi connectivity index (χ2v) is 7.54. The number of hydrogen-bond donors (Lipinski definition) is 0. The van der Waals surface area contributed by atoms with Gasteiger partial charge < -0.3 is 4.40 Å². The molecule has 26 heavy (non-hydrogen) atoms. The van der Waals surface area contributed by atoms with Crippen molar-refractivity contribution in [2.24, 2.45) is 0 Å². The Balaban J connectivity index is 1.80. The summed E-state index contributed by atoms with van der Waals surface area (Å²) in [4.78, 5) is 5.04. The van der Waals surface area contributed by atoms with Crippen molar-refractivity contribution in [3.63, 3.8) is 0 Å². The van der Waals surface area contributed by atoms with Crippen molar-refractivity contribution in [2.75, 3.05) is 0 Å². The van der Waals surface area contributed by atoms with Crippen LogP contribution in [0.25, 0.3) is 27.7 Å². The summed E-state index contributed by atoms with van der Waals surface area (Å²) < 4.78 is 2.23. The highest BCUT2D eigenvalue weighted by atomic mass is 35.5. The molecular weight excluding hydrogens is 360 g/mol. The molecule has 0 amide bonds. The van der Waals surface area contributed by atoms with Crippen LogP contribution in [0.15, 0.2) is 77.6 Å². The van der Waals surface area contributed by atoms with Gasteiger partial charge in [0.2, 0.25) is 0 Å². The summed E-state index contributed by atoms with van der Waals surface area (Å²) in [6.07, 6.45) is 2.98. The van der Waals surface area contributed by atoms with Gasteiger partial charge >= 0.3 is 0 Å². The monoisotopic (exact) mass is 374 g/mol. The van der Waals surface area contributed by atoms with Crippen molar-refractivity contribution in [1.29, 1.82) is 0 Å². The summed E-state index contributed by atoms with van der Waals surface area (Å²) in [6, 6.07) is 20.7. The molecule has 0 bridgehead atoms. The van der Waals surface area contributed by atoms with Gasteiger partial charge in [0, 0.05) is 28.6 Å². The number of aromatic nitrogens is 2. The van der Waals surface area contributed by atoms with Crippen LogP contribution in [0.4, 0.5) is 0 Å². The van der Waals surface area contributed by atoms with Crippen LogP contribution in [0.3, 0.4) is 0 Å². The molecule has 2 nitrogen and oxygen atoms in total. The van der Waals surface area contributed by atoms with Crippen molar-refractivity contribution >= 4 is 39.4 Å². The summed E-state index contributed by atoms with van der Waals surface area (Å²) in [5.74, 6) is 0. The quantitative estimate of drug-likeness (QED) is 0.354. The highest BCUT2D eigenvalue weighted by molar-refractivity contribution is 7.07. The van der Waals surface area contributed by atoms with Crippen LogP contribution in [0.2, 0.25) is 5.02 Å². The number of halogens is 1. The van der Waals surface area contributed by atoms with Gasteiger partial charge in [-0.15, -0.1) is 0 Å². The number of benzene rings is 2. The predicted molar refractivity (Wildman–Crippen MR) is 110 cm³/mol. The number of fused-ring (bicyclic) bond motifs is 3. The summed E-state index contributed by atoms with van der Waals surface area (Å²) >= 11 is 7.81. The maximum Gasteiger partial charge on any atom is 0.145 e. The van der Waals surface area contributed by atoms with Gasteiger partial charge in [0.15, 0.2) is 0 Å². The van der Waals surface area contributed by atoms with E-state index >= 15 is 0 Å². The first-order chi connectivity index (χ1) is 12.8. The molecule has 126 valence electrons. The van der Waals surface area contributed by atoms with E-state index in [1.807, 2.05) is 24.3 Å². The lowest BCUT2D eigenvalue weighted by molar-refractivity contribution is 1.04. The van der Waals surface area contributed by atoms with Crippen molar-refractivity contribution in [3.05, 3.63) is 93.9 Å². The standard InChI is InChI=1S/C22H15ClN2S/c23-18-7-5-17(6-8-18)21-20(13-15-10-12-26-14-15)25-11-9-16-3-1-2-4-19(16)22(25)24-21/h1-12,14H,13H2. The summed E-state index contributed by atoms with van der Waals surface area (Å²) in [5.41, 5.74) is 5.61. The Labute approximate surface area is 160 Å². The Bertz CT molecular complexity index is 1200. The molecule has 5 rings (SSSR count). The van der Waals surface area contributed by atoms with Gasteiger partial charge in [0.05, 0.1) is 11.4 Å². The third kappa shape index (κ3) is 2.61. The lowest BCUT2D eigenvalue weighted by Crippen LogP contribution is -1.96. The molecular formula is C22H15ClN2S. The molecule has 0 saturated carbocycles. The summed E-state index contributed by atoms with van der Waals surface area (Å²) in [6.45, 7) is 0. The van der Waals surface area contributed by atoms with Crippen LogP contribution in [-0.4, -0.2) is 9.38 Å². The zero-order valence-electron chi connectivity index (χ0n) is 13.9. The molecule has 0 N–H and O–H groups in total. The van der Waals surface area contributed by atoms with Gasteiger partial charge in [-0.1, -0.05) is 48.0 Å². The molecule has 3 aromatic heterocycles. The Morgan fingerprint density at radius 2 is 1.81 bits per heavy atom. The molecule has 0 atom stereocenters. The first-order valence-electron chi connectivity index (χ1n) is 8.45. The van der Waals surface area contributed by atoms with Gasteiger partial charge in [-0.3, -0.25) is 0 Å². The zero-order chi connectivity index (χ0) is 17.5.